The van der Waals surface area contributed by atoms with E-state index in [2.05, 4.69) is 5.32 Å². The summed E-state index contributed by atoms with van der Waals surface area (Å²) in [6.45, 7) is 0.639. The third kappa shape index (κ3) is 3.82. The van der Waals surface area contributed by atoms with Crippen molar-refractivity contribution in [2.45, 2.75) is 11.3 Å². The van der Waals surface area contributed by atoms with Gasteiger partial charge in [0.2, 0.25) is 0 Å². The molecule has 0 aliphatic rings. The van der Waals surface area contributed by atoms with Gasteiger partial charge >= 0.3 is 0 Å². The van der Waals surface area contributed by atoms with Crippen LogP contribution in [-0.4, -0.2) is 21.2 Å². The second kappa shape index (κ2) is 6.07. The molecule has 5 heteroatoms. The van der Waals surface area contributed by atoms with Gasteiger partial charge < -0.3 is 11.1 Å². The second-order valence-corrected chi connectivity index (χ2v) is 6.67. The molecule has 0 fully saturated rings. The van der Waals surface area contributed by atoms with E-state index in [1.54, 1.807) is 24.3 Å². The lowest BCUT2D eigenvalue weighted by molar-refractivity contribution is 0.602. The Bertz CT molecular complexity index is 662. The number of hydrogen-bond donors (Lipinski definition) is 2. The number of rotatable bonds is 5. The van der Waals surface area contributed by atoms with Crippen LogP contribution in [0.25, 0.3) is 0 Å². The molecule has 4 nitrogen and oxygen atoms in total. The van der Waals surface area contributed by atoms with Crippen molar-refractivity contribution in [3.8, 4) is 0 Å². The lowest BCUT2D eigenvalue weighted by Gasteiger charge is -2.08. The van der Waals surface area contributed by atoms with Gasteiger partial charge in [-0.15, -0.1) is 0 Å². The van der Waals surface area contributed by atoms with E-state index in [1.807, 2.05) is 24.3 Å². The maximum absolute atomic E-state index is 11.4. The zero-order valence-corrected chi connectivity index (χ0v) is 12.2. The zero-order valence-electron chi connectivity index (χ0n) is 11.3. The highest BCUT2D eigenvalue weighted by Crippen LogP contribution is 2.19. The van der Waals surface area contributed by atoms with Crippen LogP contribution in [-0.2, 0) is 16.3 Å². The van der Waals surface area contributed by atoms with E-state index in [1.165, 1.54) is 11.8 Å². The molecule has 0 saturated heterocycles. The SMILES string of the molecule is CS(=O)(=O)c1ccc(Nc2ccc(CCN)cc2)cc1. The molecule has 0 saturated carbocycles. The Labute approximate surface area is 119 Å². The molecule has 0 atom stereocenters. The largest absolute Gasteiger partial charge is 0.356 e. The summed E-state index contributed by atoms with van der Waals surface area (Å²) in [7, 11) is -3.14. The minimum Gasteiger partial charge on any atom is -0.356 e. The summed E-state index contributed by atoms with van der Waals surface area (Å²) >= 11 is 0. The van der Waals surface area contributed by atoms with Gasteiger partial charge in [0.25, 0.3) is 0 Å². The van der Waals surface area contributed by atoms with Crippen molar-refractivity contribution >= 4 is 21.2 Å². The Morgan fingerprint density at radius 3 is 1.90 bits per heavy atom. The average Bonchev–Trinajstić information content (AvgIpc) is 2.41. The van der Waals surface area contributed by atoms with Gasteiger partial charge in [0.1, 0.15) is 0 Å². The smallest absolute Gasteiger partial charge is 0.175 e. The van der Waals surface area contributed by atoms with E-state index >= 15 is 0 Å². The first kappa shape index (κ1) is 14.6. The first-order valence-corrected chi connectivity index (χ1v) is 8.24. The van der Waals surface area contributed by atoms with Crippen molar-refractivity contribution in [3.63, 3.8) is 0 Å². The van der Waals surface area contributed by atoms with Crippen molar-refractivity contribution in [2.24, 2.45) is 5.73 Å². The Hall–Kier alpha value is -1.85. The molecule has 0 radical (unpaired) electrons. The summed E-state index contributed by atoms with van der Waals surface area (Å²) in [6.07, 6.45) is 2.06. The number of benzene rings is 2. The fraction of sp³-hybridized carbons (Fsp3) is 0.200. The van der Waals surface area contributed by atoms with Crippen LogP contribution in [0.15, 0.2) is 53.4 Å². The number of nitrogens with two attached hydrogens (primary N) is 1. The highest BCUT2D eigenvalue weighted by Gasteiger charge is 2.05. The lowest BCUT2D eigenvalue weighted by Crippen LogP contribution is -2.02. The average molecular weight is 290 g/mol. The maximum atomic E-state index is 11.4. The van der Waals surface area contributed by atoms with Crippen molar-refractivity contribution in [2.75, 3.05) is 18.1 Å². The molecule has 0 unspecified atom stereocenters. The van der Waals surface area contributed by atoms with Crippen molar-refractivity contribution in [1.82, 2.24) is 0 Å². The molecule has 2 aromatic rings. The van der Waals surface area contributed by atoms with Crippen LogP contribution in [0.2, 0.25) is 0 Å². The number of hydrogen-bond acceptors (Lipinski definition) is 4. The summed E-state index contributed by atoms with van der Waals surface area (Å²) in [4.78, 5) is 0.321. The van der Waals surface area contributed by atoms with Crippen molar-refractivity contribution in [3.05, 3.63) is 54.1 Å². The van der Waals surface area contributed by atoms with Crippen LogP contribution in [0.4, 0.5) is 11.4 Å². The van der Waals surface area contributed by atoms with Gasteiger partial charge in [-0.1, -0.05) is 12.1 Å². The minimum absolute atomic E-state index is 0.321. The number of anilines is 2. The standard InChI is InChI=1S/C15H18N2O2S/c1-20(18,19)15-8-6-14(7-9-15)17-13-4-2-12(3-5-13)10-11-16/h2-9,17H,10-11,16H2,1H3. The summed E-state index contributed by atoms with van der Waals surface area (Å²) in [5, 5.41) is 3.23. The van der Waals surface area contributed by atoms with Crippen molar-refractivity contribution < 1.29 is 8.42 Å². The molecule has 0 aliphatic carbocycles. The zero-order chi connectivity index (χ0) is 14.6. The van der Waals surface area contributed by atoms with E-state index in [0.717, 1.165) is 17.8 Å². The summed E-state index contributed by atoms with van der Waals surface area (Å²) in [6, 6.07) is 14.7. The van der Waals surface area contributed by atoms with E-state index in [9.17, 15) is 8.42 Å². The molecule has 0 bridgehead atoms. The third-order valence-electron chi connectivity index (χ3n) is 2.96. The fourth-order valence-electron chi connectivity index (χ4n) is 1.87. The molecule has 3 N–H and O–H groups in total. The molecule has 0 aliphatic heterocycles. The molecule has 2 rings (SSSR count). The Kier molecular flexibility index (Phi) is 4.42. The Morgan fingerprint density at radius 1 is 0.950 bits per heavy atom. The molecule has 0 amide bonds. The van der Waals surface area contributed by atoms with E-state index in [-0.39, 0.29) is 0 Å². The van der Waals surface area contributed by atoms with Gasteiger partial charge in [0.05, 0.1) is 4.90 Å². The molecule has 2 aromatic carbocycles. The van der Waals surface area contributed by atoms with Crippen molar-refractivity contribution in [1.29, 1.82) is 0 Å². The van der Waals surface area contributed by atoms with Gasteiger partial charge in [-0.05, 0) is 54.9 Å². The molecular weight excluding hydrogens is 272 g/mol. The van der Waals surface area contributed by atoms with Gasteiger partial charge in [0, 0.05) is 17.6 Å². The summed E-state index contributed by atoms with van der Waals surface area (Å²) < 4.78 is 22.7. The number of nitrogens with one attached hydrogen (secondary N) is 1. The predicted molar refractivity (Wildman–Crippen MR) is 82.0 cm³/mol. The lowest BCUT2D eigenvalue weighted by atomic mass is 10.1. The van der Waals surface area contributed by atoms with Crippen LogP contribution in [0.3, 0.4) is 0 Å². The number of sulfone groups is 1. The molecule has 0 spiro atoms. The van der Waals surface area contributed by atoms with Crippen LogP contribution >= 0.6 is 0 Å². The monoisotopic (exact) mass is 290 g/mol. The first-order chi connectivity index (χ1) is 9.49. The molecule has 0 aromatic heterocycles. The van der Waals surface area contributed by atoms with Gasteiger partial charge in [-0.2, -0.15) is 0 Å². The minimum atomic E-state index is -3.14. The molecule has 0 heterocycles. The van der Waals surface area contributed by atoms with Crippen LogP contribution < -0.4 is 11.1 Å². The maximum Gasteiger partial charge on any atom is 0.175 e. The normalized spacial score (nSPS) is 11.3. The molecular formula is C15H18N2O2S. The Morgan fingerprint density at radius 2 is 1.45 bits per heavy atom. The van der Waals surface area contributed by atoms with E-state index in [4.69, 9.17) is 5.73 Å². The summed E-state index contributed by atoms with van der Waals surface area (Å²) in [5.41, 5.74) is 8.51. The third-order valence-corrected chi connectivity index (χ3v) is 4.09. The van der Waals surface area contributed by atoms with Crippen LogP contribution in [0, 0.1) is 0 Å². The highest BCUT2D eigenvalue weighted by atomic mass is 32.2. The summed E-state index contributed by atoms with van der Waals surface area (Å²) in [5.74, 6) is 0. The topological polar surface area (TPSA) is 72.2 Å². The quantitative estimate of drug-likeness (QED) is 0.886. The van der Waals surface area contributed by atoms with Crippen LogP contribution in [0.1, 0.15) is 5.56 Å². The Balaban J connectivity index is 2.10. The van der Waals surface area contributed by atoms with Gasteiger partial charge in [-0.25, -0.2) is 8.42 Å². The van der Waals surface area contributed by atoms with Crippen LogP contribution in [0.5, 0.6) is 0 Å². The van der Waals surface area contributed by atoms with E-state index < -0.39 is 9.84 Å². The van der Waals surface area contributed by atoms with Gasteiger partial charge in [-0.3, -0.25) is 0 Å². The first-order valence-electron chi connectivity index (χ1n) is 6.35. The van der Waals surface area contributed by atoms with E-state index in [0.29, 0.717) is 11.4 Å². The highest BCUT2D eigenvalue weighted by molar-refractivity contribution is 7.90. The fourth-order valence-corrected chi connectivity index (χ4v) is 2.50. The second-order valence-electron chi connectivity index (χ2n) is 4.66. The molecule has 106 valence electrons. The predicted octanol–water partition coefficient (Wildman–Crippen LogP) is 2.33. The van der Waals surface area contributed by atoms with Gasteiger partial charge in [0.15, 0.2) is 9.84 Å². The molecule has 20 heavy (non-hydrogen) atoms.